The van der Waals surface area contributed by atoms with E-state index in [1.165, 1.54) is 0 Å². The molecule has 0 aliphatic carbocycles. The zero-order valence-corrected chi connectivity index (χ0v) is 17.9. The molecule has 1 saturated heterocycles. The number of halogens is 1. The van der Waals surface area contributed by atoms with Crippen molar-refractivity contribution in [2.45, 2.75) is 13.8 Å². The zero-order valence-electron chi connectivity index (χ0n) is 16.3. The number of anilines is 1. The Balaban J connectivity index is 1.82. The predicted molar refractivity (Wildman–Crippen MR) is 109 cm³/mol. The molecule has 1 fully saturated rings. The van der Waals surface area contributed by atoms with Gasteiger partial charge < -0.3 is 25.2 Å². The van der Waals surface area contributed by atoms with E-state index < -0.39 is 0 Å². The van der Waals surface area contributed by atoms with E-state index in [-0.39, 0.29) is 11.8 Å². The molecular formula is C17H28BrN7O2. The SMILES string of the molecule is CN=C(NCCNC(=O)C(C)C)N1CCN(c2ncc(Br)c(OC)n2)CC1. The van der Waals surface area contributed by atoms with Gasteiger partial charge in [-0.3, -0.25) is 9.79 Å². The van der Waals surface area contributed by atoms with Gasteiger partial charge in [-0.25, -0.2) is 4.98 Å². The number of nitrogens with one attached hydrogen (secondary N) is 2. The quantitative estimate of drug-likeness (QED) is 0.381. The van der Waals surface area contributed by atoms with Crippen LogP contribution < -0.4 is 20.3 Å². The van der Waals surface area contributed by atoms with Crippen molar-refractivity contribution in [3.63, 3.8) is 0 Å². The molecule has 1 aliphatic heterocycles. The van der Waals surface area contributed by atoms with Gasteiger partial charge in [0.25, 0.3) is 0 Å². The molecule has 1 aliphatic rings. The van der Waals surface area contributed by atoms with Gasteiger partial charge >= 0.3 is 0 Å². The maximum atomic E-state index is 11.6. The minimum Gasteiger partial charge on any atom is -0.480 e. The monoisotopic (exact) mass is 441 g/mol. The normalized spacial score (nSPS) is 15.1. The molecule has 0 aromatic carbocycles. The van der Waals surface area contributed by atoms with E-state index in [2.05, 4.69) is 51.3 Å². The molecule has 2 heterocycles. The topological polar surface area (TPSA) is 95.0 Å². The molecule has 0 spiro atoms. The predicted octanol–water partition coefficient (Wildman–Crippen LogP) is 0.717. The first-order chi connectivity index (χ1) is 13.0. The molecule has 9 nitrogen and oxygen atoms in total. The number of ether oxygens (including phenoxy) is 1. The lowest BCUT2D eigenvalue weighted by Crippen LogP contribution is -2.53. The highest BCUT2D eigenvalue weighted by molar-refractivity contribution is 9.10. The second kappa shape index (κ2) is 10.3. The average molecular weight is 442 g/mol. The first-order valence-electron chi connectivity index (χ1n) is 9.01. The summed E-state index contributed by atoms with van der Waals surface area (Å²) in [7, 11) is 3.36. The molecule has 27 heavy (non-hydrogen) atoms. The molecule has 150 valence electrons. The van der Waals surface area contributed by atoms with Crippen LogP contribution in [0.4, 0.5) is 5.95 Å². The molecule has 2 N–H and O–H groups in total. The Morgan fingerprint density at radius 3 is 2.56 bits per heavy atom. The van der Waals surface area contributed by atoms with Gasteiger partial charge in [0.15, 0.2) is 5.96 Å². The van der Waals surface area contributed by atoms with Gasteiger partial charge in [-0.15, -0.1) is 0 Å². The molecule has 0 unspecified atom stereocenters. The van der Waals surface area contributed by atoms with Crippen LogP contribution in [0.1, 0.15) is 13.8 Å². The molecule has 1 amide bonds. The van der Waals surface area contributed by atoms with Crippen molar-refractivity contribution in [1.82, 2.24) is 25.5 Å². The molecule has 1 aromatic heterocycles. The molecule has 2 rings (SSSR count). The number of carbonyl (C=O) groups excluding carboxylic acids is 1. The van der Waals surface area contributed by atoms with E-state index in [9.17, 15) is 4.79 Å². The van der Waals surface area contributed by atoms with Crippen LogP contribution in [0.3, 0.4) is 0 Å². The third-order valence-electron chi connectivity index (χ3n) is 4.20. The number of piperazine rings is 1. The highest BCUT2D eigenvalue weighted by atomic mass is 79.9. The Kier molecular flexibility index (Phi) is 8.08. The number of nitrogens with zero attached hydrogens (tertiary/aromatic N) is 5. The summed E-state index contributed by atoms with van der Waals surface area (Å²) >= 11 is 3.37. The number of carbonyl (C=O) groups is 1. The lowest BCUT2D eigenvalue weighted by molar-refractivity contribution is -0.123. The van der Waals surface area contributed by atoms with Crippen LogP contribution >= 0.6 is 15.9 Å². The highest BCUT2D eigenvalue weighted by Gasteiger charge is 2.22. The van der Waals surface area contributed by atoms with Crippen LogP contribution in [-0.4, -0.2) is 80.2 Å². The second-order valence-electron chi connectivity index (χ2n) is 6.42. The zero-order chi connectivity index (χ0) is 19.8. The average Bonchev–Trinajstić information content (AvgIpc) is 2.68. The Bertz CT molecular complexity index is 661. The van der Waals surface area contributed by atoms with Crippen LogP contribution in [0.5, 0.6) is 5.88 Å². The van der Waals surface area contributed by atoms with Crippen molar-refractivity contribution in [3.05, 3.63) is 10.7 Å². The standard InChI is InChI=1S/C17H28BrN7O2/c1-12(2)14(26)20-5-6-21-16(19-3)24-7-9-25(10-8-24)17-22-11-13(18)15(23-17)27-4/h11-12H,5-10H2,1-4H3,(H,19,21)(H,20,26). The van der Waals surface area contributed by atoms with Crippen LogP contribution in [-0.2, 0) is 4.79 Å². The summed E-state index contributed by atoms with van der Waals surface area (Å²) < 4.78 is 5.98. The van der Waals surface area contributed by atoms with E-state index in [4.69, 9.17) is 4.74 Å². The van der Waals surface area contributed by atoms with E-state index in [0.717, 1.165) is 36.6 Å². The molecule has 1 aromatic rings. The summed E-state index contributed by atoms with van der Waals surface area (Å²) in [6.07, 6.45) is 1.71. The first kappa shape index (κ1) is 21.2. The Morgan fingerprint density at radius 1 is 1.30 bits per heavy atom. The molecule has 0 bridgehead atoms. The van der Waals surface area contributed by atoms with Gasteiger partial charge in [-0.1, -0.05) is 13.8 Å². The van der Waals surface area contributed by atoms with Crippen molar-refractivity contribution in [2.24, 2.45) is 10.9 Å². The van der Waals surface area contributed by atoms with Crippen molar-refractivity contribution in [3.8, 4) is 5.88 Å². The van der Waals surface area contributed by atoms with Crippen LogP contribution in [0.15, 0.2) is 15.7 Å². The lowest BCUT2D eigenvalue weighted by Gasteiger charge is -2.36. The third-order valence-corrected chi connectivity index (χ3v) is 4.74. The summed E-state index contributed by atoms with van der Waals surface area (Å²) in [5, 5.41) is 6.19. The lowest BCUT2D eigenvalue weighted by atomic mass is 10.2. The molecule has 0 atom stereocenters. The Hall–Kier alpha value is -2.10. The summed E-state index contributed by atoms with van der Waals surface area (Å²) in [5.41, 5.74) is 0. The van der Waals surface area contributed by atoms with Gasteiger partial charge in [0, 0.05) is 52.2 Å². The largest absolute Gasteiger partial charge is 0.480 e. The van der Waals surface area contributed by atoms with Crippen molar-refractivity contribution >= 4 is 33.7 Å². The summed E-state index contributed by atoms with van der Waals surface area (Å²) in [5.74, 6) is 2.09. The smallest absolute Gasteiger partial charge is 0.232 e. The maximum Gasteiger partial charge on any atom is 0.232 e. The first-order valence-corrected chi connectivity index (χ1v) is 9.80. The number of aliphatic imine (C=N–C) groups is 1. The molecule has 10 heteroatoms. The van der Waals surface area contributed by atoms with Crippen LogP contribution in [0.2, 0.25) is 0 Å². The Morgan fingerprint density at radius 2 is 1.96 bits per heavy atom. The fourth-order valence-corrected chi connectivity index (χ4v) is 3.01. The number of rotatable bonds is 6. The van der Waals surface area contributed by atoms with Crippen LogP contribution in [0, 0.1) is 5.92 Å². The number of guanidine groups is 1. The van der Waals surface area contributed by atoms with Gasteiger partial charge in [0.05, 0.1) is 17.8 Å². The minimum absolute atomic E-state index is 0.00292. The van der Waals surface area contributed by atoms with Crippen LogP contribution in [0.25, 0.3) is 0 Å². The number of aromatic nitrogens is 2. The number of hydrogen-bond acceptors (Lipinski definition) is 6. The number of methoxy groups -OCH3 is 1. The highest BCUT2D eigenvalue weighted by Crippen LogP contribution is 2.23. The fraction of sp³-hybridized carbons (Fsp3) is 0.647. The Labute approximate surface area is 168 Å². The van der Waals surface area contributed by atoms with Gasteiger partial charge in [0.1, 0.15) is 0 Å². The minimum atomic E-state index is -0.00292. The second-order valence-corrected chi connectivity index (χ2v) is 7.28. The van der Waals surface area contributed by atoms with E-state index in [0.29, 0.717) is 24.9 Å². The fourth-order valence-electron chi connectivity index (χ4n) is 2.65. The van der Waals surface area contributed by atoms with Crippen molar-refractivity contribution in [1.29, 1.82) is 0 Å². The maximum absolute atomic E-state index is 11.6. The van der Waals surface area contributed by atoms with E-state index in [1.54, 1.807) is 20.4 Å². The van der Waals surface area contributed by atoms with Gasteiger partial charge in [-0.2, -0.15) is 4.98 Å². The van der Waals surface area contributed by atoms with E-state index >= 15 is 0 Å². The number of amides is 1. The summed E-state index contributed by atoms with van der Waals surface area (Å²) in [4.78, 5) is 29.1. The summed E-state index contributed by atoms with van der Waals surface area (Å²) in [6.45, 7) is 8.16. The molecular weight excluding hydrogens is 414 g/mol. The molecule has 0 radical (unpaired) electrons. The van der Waals surface area contributed by atoms with Gasteiger partial charge in [0.2, 0.25) is 17.7 Å². The van der Waals surface area contributed by atoms with Crippen molar-refractivity contribution in [2.75, 3.05) is 58.3 Å². The van der Waals surface area contributed by atoms with E-state index in [1.807, 2.05) is 13.8 Å². The molecule has 0 saturated carbocycles. The number of hydrogen-bond donors (Lipinski definition) is 2. The summed E-state index contributed by atoms with van der Waals surface area (Å²) in [6, 6.07) is 0. The van der Waals surface area contributed by atoms with Gasteiger partial charge in [-0.05, 0) is 15.9 Å². The third kappa shape index (κ3) is 5.95. The van der Waals surface area contributed by atoms with Crippen molar-refractivity contribution < 1.29 is 9.53 Å².